The average Bonchev–Trinajstić information content (AvgIpc) is 2.69. The van der Waals surface area contributed by atoms with Gasteiger partial charge in [-0.15, -0.1) is 0 Å². The number of amides is 1. The molecule has 2 aromatic carbocycles. The van der Waals surface area contributed by atoms with E-state index in [1.54, 1.807) is 29.2 Å². The molecule has 1 fully saturated rings. The van der Waals surface area contributed by atoms with E-state index in [0.717, 1.165) is 9.79 Å². The number of piperazine rings is 1. The minimum atomic E-state index is -3.23. The van der Waals surface area contributed by atoms with Gasteiger partial charge in [-0.05, 0) is 42.5 Å². The third kappa shape index (κ3) is 6.08. The Kier molecular flexibility index (Phi) is 7.05. The maximum absolute atomic E-state index is 13.1. The zero-order valence-electron chi connectivity index (χ0n) is 15.8. The van der Waals surface area contributed by atoms with Gasteiger partial charge in [-0.25, -0.2) is 12.8 Å². The number of hydrogen-bond acceptors (Lipinski definition) is 5. The Balaban J connectivity index is 1.62. The Labute approximate surface area is 179 Å². The molecule has 3 rings (SSSR count). The number of rotatable bonds is 6. The summed E-state index contributed by atoms with van der Waals surface area (Å²) in [5, 5.41) is 3.65. The van der Waals surface area contributed by atoms with Gasteiger partial charge in [0.2, 0.25) is 15.9 Å². The fraction of sp³-hybridized carbons (Fsp3) is 0.316. The first-order valence-corrected chi connectivity index (χ1v) is 12.0. The van der Waals surface area contributed by atoms with Crippen molar-refractivity contribution in [2.24, 2.45) is 0 Å². The summed E-state index contributed by atoms with van der Waals surface area (Å²) < 4.78 is 37.7. The highest BCUT2D eigenvalue weighted by molar-refractivity contribution is 7.99. The van der Waals surface area contributed by atoms with E-state index in [1.165, 1.54) is 34.5 Å². The van der Waals surface area contributed by atoms with E-state index in [2.05, 4.69) is 5.32 Å². The molecule has 10 heteroatoms. The molecule has 0 aromatic heterocycles. The van der Waals surface area contributed by atoms with Crippen molar-refractivity contribution in [3.05, 3.63) is 53.3 Å². The summed E-state index contributed by atoms with van der Waals surface area (Å²) in [7, 11) is -3.23. The first kappa shape index (κ1) is 21.9. The summed E-state index contributed by atoms with van der Waals surface area (Å²) in [4.78, 5) is 15.9. The van der Waals surface area contributed by atoms with Crippen molar-refractivity contribution in [2.45, 2.75) is 9.79 Å². The van der Waals surface area contributed by atoms with Crippen LogP contribution in [0, 0.1) is 5.82 Å². The maximum atomic E-state index is 13.1. The number of carbonyl (C=O) groups is 1. The molecule has 156 valence electrons. The number of benzene rings is 2. The number of nitrogens with one attached hydrogen (secondary N) is 1. The predicted molar refractivity (Wildman–Crippen MR) is 113 cm³/mol. The Morgan fingerprint density at radius 1 is 1.14 bits per heavy atom. The average molecular weight is 458 g/mol. The van der Waals surface area contributed by atoms with Crippen LogP contribution in [0.15, 0.2) is 52.3 Å². The molecule has 1 N–H and O–H groups in total. The van der Waals surface area contributed by atoms with Gasteiger partial charge in [-0.3, -0.25) is 4.79 Å². The molecule has 29 heavy (non-hydrogen) atoms. The van der Waals surface area contributed by atoms with Gasteiger partial charge in [-0.1, -0.05) is 23.4 Å². The van der Waals surface area contributed by atoms with Crippen LogP contribution in [0.5, 0.6) is 0 Å². The lowest BCUT2D eigenvalue weighted by Gasteiger charge is -2.33. The zero-order chi connectivity index (χ0) is 21.0. The first-order chi connectivity index (χ1) is 13.7. The van der Waals surface area contributed by atoms with Crippen LogP contribution in [-0.2, 0) is 14.8 Å². The summed E-state index contributed by atoms with van der Waals surface area (Å²) in [5.41, 5.74) is 0.704. The van der Waals surface area contributed by atoms with Crippen molar-refractivity contribution < 1.29 is 17.6 Å². The van der Waals surface area contributed by atoms with E-state index >= 15 is 0 Å². The highest BCUT2D eigenvalue weighted by Gasteiger charge is 2.25. The second-order valence-electron chi connectivity index (χ2n) is 6.59. The second kappa shape index (κ2) is 9.34. The summed E-state index contributed by atoms with van der Waals surface area (Å²) in [6.07, 6.45) is 1.17. The van der Waals surface area contributed by atoms with Gasteiger partial charge in [0.05, 0.1) is 18.5 Å². The molecule has 1 aliphatic heterocycles. The Bertz CT molecular complexity index is 979. The number of anilines is 1. The molecule has 0 radical (unpaired) electrons. The predicted octanol–water partition coefficient (Wildman–Crippen LogP) is 3.15. The Hall–Kier alpha value is -1.81. The topological polar surface area (TPSA) is 69.7 Å². The number of hydrogen-bond donors (Lipinski definition) is 1. The minimum Gasteiger partial charge on any atom is -0.375 e. The van der Waals surface area contributed by atoms with Gasteiger partial charge >= 0.3 is 0 Å². The molecule has 1 aliphatic rings. The number of nitrogens with zero attached hydrogens (tertiary/aromatic N) is 2. The zero-order valence-corrected chi connectivity index (χ0v) is 18.2. The van der Waals surface area contributed by atoms with Crippen molar-refractivity contribution in [3.8, 4) is 0 Å². The summed E-state index contributed by atoms with van der Waals surface area (Å²) in [6.45, 7) is 1.39. The Morgan fingerprint density at radius 3 is 2.41 bits per heavy atom. The van der Waals surface area contributed by atoms with Crippen LogP contribution in [0.1, 0.15) is 0 Å². The molecule has 0 unspecified atom stereocenters. The van der Waals surface area contributed by atoms with Gasteiger partial charge < -0.3 is 10.2 Å². The van der Waals surface area contributed by atoms with Crippen LogP contribution in [0.4, 0.5) is 10.1 Å². The van der Waals surface area contributed by atoms with E-state index in [1.807, 2.05) is 6.07 Å². The van der Waals surface area contributed by atoms with Crippen molar-refractivity contribution in [2.75, 3.05) is 44.3 Å². The lowest BCUT2D eigenvalue weighted by molar-refractivity contribution is -0.130. The third-order valence-electron chi connectivity index (χ3n) is 4.47. The first-order valence-electron chi connectivity index (χ1n) is 8.92. The molecular weight excluding hydrogens is 437 g/mol. The normalized spacial score (nSPS) is 15.3. The molecule has 0 atom stereocenters. The number of carbonyl (C=O) groups excluding carboxylic acids is 1. The van der Waals surface area contributed by atoms with Crippen LogP contribution in [0.25, 0.3) is 0 Å². The van der Waals surface area contributed by atoms with E-state index in [-0.39, 0.29) is 18.3 Å². The van der Waals surface area contributed by atoms with E-state index in [9.17, 15) is 17.6 Å². The molecule has 6 nitrogen and oxygen atoms in total. The van der Waals surface area contributed by atoms with Crippen molar-refractivity contribution in [1.29, 1.82) is 0 Å². The third-order valence-corrected chi connectivity index (χ3v) is 7.10. The fourth-order valence-corrected chi connectivity index (χ4v) is 4.81. The Morgan fingerprint density at radius 2 is 1.79 bits per heavy atom. The second-order valence-corrected chi connectivity index (χ2v) is 10.1. The van der Waals surface area contributed by atoms with Crippen LogP contribution < -0.4 is 5.32 Å². The molecule has 0 saturated carbocycles. The summed E-state index contributed by atoms with van der Waals surface area (Å²) in [5.74, 6) is -0.416. The highest BCUT2D eigenvalue weighted by Crippen LogP contribution is 2.35. The van der Waals surface area contributed by atoms with Gasteiger partial charge in [0, 0.05) is 41.0 Å². The minimum absolute atomic E-state index is 0.0657. The van der Waals surface area contributed by atoms with E-state index in [0.29, 0.717) is 36.9 Å². The van der Waals surface area contributed by atoms with Crippen LogP contribution in [0.2, 0.25) is 5.02 Å². The van der Waals surface area contributed by atoms with Crippen LogP contribution in [-0.4, -0.2) is 62.5 Å². The standard InChI is InChI=1S/C19H21ClFN3O3S2/c1-29(26,27)24-10-8-23(9-11-24)19(25)13-22-17-12-14(20)2-7-18(17)28-16-5-3-15(21)4-6-16/h2-7,12,22H,8-11,13H2,1H3. The quantitative estimate of drug-likeness (QED) is 0.721. The highest BCUT2D eigenvalue weighted by atomic mass is 35.5. The summed E-state index contributed by atoms with van der Waals surface area (Å²) >= 11 is 7.54. The summed E-state index contributed by atoms with van der Waals surface area (Å²) in [6, 6.07) is 11.5. The molecule has 0 bridgehead atoms. The van der Waals surface area contributed by atoms with Gasteiger partial charge in [0.1, 0.15) is 5.82 Å². The molecule has 2 aromatic rings. The van der Waals surface area contributed by atoms with Crippen molar-refractivity contribution in [1.82, 2.24) is 9.21 Å². The fourth-order valence-electron chi connectivity index (χ4n) is 2.91. The molecule has 1 heterocycles. The molecule has 1 amide bonds. The molecule has 1 saturated heterocycles. The van der Waals surface area contributed by atoms with Gasteiger partial charge in [-0.2, -0.15) is 4.31 Å². The van der Waals surface area contributed by atoms with Gasteiger partial charge in [0.25, 0.3) is 0 Å². The van der Waals surface area contributed by atoms with Crippen LogP contribution >= 0.6 is 23.4 Å². The molecule has 0 aliphatic carbocycles. The van der Waals surface area contributed by atoms with Crippen LogP contribution in [0.3, 0.4) is 0 Å². The van der Waals surface area contributed by atoms with Gasteiger partial charge in [0.15, 0.2) is 0 Å². The largest absolute Gasteiger partial charge is 0.375 e. The monoisotopic (exact) mass is 457 g/mol. The van der Waals surface area contributed by atoms with E-state index in [4.69, 9.17) is 11.6 Å². The SMILES string of the molecule is CS(=O)(=O)N1CCN(C(=O)CNc2cc(Cl)ccc2Sc2ccc(F)cc2)CC1. The molecule has 0 spiro atoms. The van der Waals surface area contributed by atoms with E-state index < -0.39 is 10.0 Å². The smallest absolute Gasteiger partial charge is 0.241 e. The number of halogens is 2. The van der Waals surface area contributed by atoms with Crippen molar-refractivity contribution in [3.63, 3.8) is 0 Å². The maximum Gasteiger partial charge on any atom is 0.241 e. The lowest BCUT2D eigenvalue weighted by Crippen LogP contribution is -2.51. The van der Waals surface area contributed by atoms with Crippen molar-refractivity contribution >= 4 is 45.0 Å². The molecular formula is C19H21ClFN3O3S2. The lowest BCUT2D eigenvalue weighted by atomic mass is 10.3. The number of sulfonamides is 1.